The summed E-state index contributed by atoms with van der Waals surface area (Å²) in [5, 5.41) is 5.89. The SMILES string of the molecule is CCN(CCC(=O)Nc1ccccc1-c1ccccc1)CC(=O)Nc1ccccc1OC. The lowest BCUT2D eigenvalue weighted by atomic mass is 10.0. The van der Waals surface area contributed by atoms with Crippen molar-refractivity contribution < 1.29 is 14.3 Å². The second-order valence-corrected chi connectivity index (χ2v) is 7.33. The Labute approximate surface area is 189 Å². The van der Waals surface area contributed by atoms with E-state index in [9.17, 15) is 9.59 Å². The van der Waals surface area contributed by atoms with Gasteiger partial charge < -0.3 is 15.4 Å². The van der Waals surface area contributed by atoms with Crippen molar-refractivity contribution >= 4 is 23.2 Å². The number of benzene rings is 3. The molecule has 32 heavy (non-hydrogen) atoms. The molecule has 0 saturated heterocycles. The molecule has 0 aliphatic rings. The molecule has 0 radical (unpaired) electrons. The van der Waals surface area contributed by atoms with E-state index < -0.39 is 0 Å². The Hall–Kier alpha value is -3.64. The molecule has 0 atom stereocenters. The zero-order valence-electron chi connectivity index (χ0n) is 18.5. The summed E-state index contributed by atoms with van der Waals surface area (Å²) in [5.41, 5.74) is 3.43. The predicted octanol–water partition coefficient (Wildman–Crippen LogP) is 4.65. The Morgan fingerprint density at radius 2 is 1.44 bits per heavy atom. The van der Waals surface area contributed by atoms with Gasteiger partial charge in [-0.15, -0.1) is 0 Å². The molecule has 3 aromatic rings. The average molecular weight is 432 g/mol. The van der Waals surface area contributed by atoms with Crippen LogP contribution in [0.5, 0.6) is 5.75 Å². The summed E-state index contributed by atoms with van der Waals surface area (Å²) in [5.74, 6) is 0.378. The highest BCUT2D eigenvalue weighted by molar-refractivity contribution is 5.96. The van der Waals surface area contributed by atoms with Gasteiger partial charge in [-0.1, -0.05) is 67.6 Å². The molecule has 0 heterocycles. The van der Waals surface area contributed by atoms with E-state index in [0.29, 0.717) is 30.9 Å². The van der Waals surface area contributed by atoms with Gasteiger partial charge in [0.15, 0.2) is 0 Å². The predicted molar refractivity (Wildman–Crippen MR) is 129 cm³/mol. The van der Waals surface area contributed by atoms with E-state index in [2.05, 4.69) is 10.6 Å². The third-order valence-electron chi connectivity index (χ3n) is 5.14. The fraction of sp³-hybridized carbons (Fsp3) is 0.231. The maximum atomic E-state index is 12.6. The average Bonchev–Trinajstić information content (AvgIpc) is 2.83. The topological polar surface area (TPSA) is 70.7 Å². The number of nitrogens with zero attached hydrogens (tertiary/aromatic N) is 1. The normalized spacial score (nSPS) is 10.6. The van der Waals surface area contributed by atoms with Gasteiger partial charge >= 0.3 is 0 Å². The molecule has 6 nitrogen and oxygen atoms in total. The Kier molecular flexibility index (Phi) is 8.40. The molecular weight excluding hydrogens is 402 g/mol. The Morgan fingerprint density at radius 1 is 0.812 bits per heavy atom. The third kappa shape index (κ3) is 6.43. The number of anilines is 2. The van der Waals surface area contributed by atoms with Gasteiger partial charge in [0.05, 0.1) is 19.3 Å². The van der Waals surface area contributed by atoms with Crippen LogP contribution in [-0.4, -0.2) is 43.5 Å². The van der Waals surface area contributed by atoms with Gasteiger partial charge in [-0.2, -0.15) is 0 Å². The van der Waals surface area contributed by atoms with Crippen molar-refractivity contribution in [2.24, 2.45) is 0 Å². The van der Waals surface area contributed by atoms with Gasteiger partial charge in [-0.25, -0.2) is 0 Å². The van der Waals surface area contributed by atoms with Crippen LogP contribution in [0, 0.1) is 0 Å². The van der Waals surface area contributed by atoms with Crippen LogP contribution < -0.4 is 15.4 Å². The van der Waals surface area contributed by atoms with Gasteiger partial charge in [0.2, 0.25) is 11.8 Å². The summed E-state index contributed by atoms with van der Waals surface area (Å²) in [7, 11) is 1.57. The monoisotopic (exact) mass is 431 g/mol. The maximum Gasteiger partial charge on any atom is 0.238 e. The van der Waals surface area contributed by atoms with Gasteiger partial charge in [0.1, 0.15) is 5.75 Å². The van der Waals surface area contributed by atoms with Crippen molar-refractivity contribution in [2.45, 2.75) is 13.3 Å². The van der Waals surface area contributed by atoms with Crippen molar-refractivity contribution in [1.29, 1.82) is 0 Å². The molecule has 0 bridgehead atoms. The molecule has 0 fully saturated rings. The Morgan fingerprint density at radius 3 is 2.16 bits per heavy atom. The number of hydrogen-bond acceptors (Lipinski definition) is 4. The number of nitrogens with one attached hydrogen (secondary N) is 2. The fourth-order valence-corrected chi connectivity index (χ4v) is 3.42. The minimum atomic E-state index is -0.147. The number of rotatable bonds is 10. The summed E-state index contributed by atoms with van der Waals surface area (Å²) >= 11 is 0. The van der Waals surface area contributed by atoms with E-state index in [1.165, 1.54) is 0 Å². The summed E-state index contributed by atoms with van der Waals surface area (Å²) in [6.07, 6.45) is 0.291. The molecule has 0 saturated carbocycles. The van der Waals surface area contributed by atoms with E-state index in [0.717, 1.165) is 16.8 Å². The molecule has 0 spiro atoms. The molecule has 2 N–H and O–H groups in total. The maximum absolute atomic E-state index is 12.6. The molecule has 166 valence electrons. The van der Waals surface area contributed by atoms with E-state index in [-0.39, 0.29) is 18.4 Å². The second kappa shape index (κ2) is 11.7. The van der Waals surface area contributed by atoms with Crippen molar-refractivity contribution in [2.75, 3.05) is 37.4 Å². The van der Waals surface area contributed by atoms with Crippen LogP contribution in [0.2, 0.25) is 0 Å². The molecule has 0 unspecified atom stereocenters. The van der Waals surface area contributed by atoms with E-state index >= 15 is 0 Å². The highest BCUT2D eigenvalue weighted by Crippen LogP contribution is 2.27. The highest BCUT2D eigenvalue weighted by Gasteiger charge is 2.14. The molecule has 2 amide bonds. The number of hydrogen-bond donors (Lipinski definition) is 2. The quantitative estimate of drug-likeness (QED) is 0.490. The second-order valence-electron chi connectivity index (χ2n) is 7.33. The summed E-state index contributed by atoms with van der Waals surface area (Å²) in [6, 6.07) is 25.0. The molecule has 0 aliphatic heterocycles. The minimum Gasteiger partial charge on any atom is -0.495 e. The number of methoxy groups -OCH3 is 1. The van der Waals surface area contributed by atoms with Gasteiger partial charge in [-0.3, -0.25) is 14.5 Å². The van der Waals surface area contributed by atoms with Crippen LogP contribution in [0.25, 0.3) is 11.1 Å². The first kappa shape index (κ1) is 23.0. The largest absolute Gasteiger partial charge is 0.495 e. The van der Waals surface area contributed by atoms with Crippen LogP contribution in [0.3, 0.4) is 0 Å². The number of ether oxygens (including phenoxy) is 1. The number of carbonyl (C=O) groups excluding carboxylic acids is 2. The summed E-state index contributed by atoms with van der Waals surface area (Å²) < 4.78 is 5.27. The minimum absolute atomic E-state index is 0.0861. The lowest BCUT2D eigenvalue weighted by Gasteiger charge is -2.20. The lowest BCUT2D eigenvalue weighted by molar-refractivity contribution is -0.119. The van der Waals surface area contributed by atoms with Crippen LogP contribution in [-0.2, 0) is 9.59 Å². The van der Waals surface area contributed by atoms with Crippen LogP contribution in [0.1, 0.15) is 13.3 Å². The van der Waals surface area contributed by atoms with E-state index in [4.69, 9.17) is 4.74 Å². The van der Waals surface area contributed by atoms with Gasteiger partial charge in [0, 0.05) is 24.2 Å². The molecule has 0 aromatic heterocycles. The van der Waals surface area contributed by atoms with Crippen LogP contribution in [0.4, 0.5) is 11.4 Å². The lowest BCUT2D eigenvalue weighted by Crippen LogP contribution is -2.35. The van der Waals surface area contributed by atoms with Crippen LogP contribution in [0.15, 0.2) is 78.9 Å². The summed E-state index contributed by atoms with van der Waals surface area (Å²) in [6.45, 7) is 3.31. The smallest absolute Gasteiger partial charge is 0.238 e. The van der Waals surface area contributed by atoms with Crippen molar-refractivity contribution in [3.05, 3.63) is 78.9 Å². The number of para-hydroxylation sites is 3. The number of carbonyl (C=O) groups is 2. The van der Waals surface area contributed by atoms with E-state index in [1.807, 2.05) is 78.6 Å². The number of likely N-dealkylation sites (N-methyl/N-ethyl adjacent to an activating group) is 1. The molecule has 0 aliphatic carbocycles. The van der Waals surface area contributed by atoms with Crippen molar-refractivity contribution in [3.8, 4) is 16.9 Å². The first-order valence-corrected chi connectivity index (χ1v) is 10.7. The van der Waals surface area contributed by atoms with Crippen LogP contribution >= 0.6 is 0 Å². The van der Waals surface area contributed by atoms with Crippen molar-refractivity contribution in [1.82, 2.24) is 4.90 Å². The fourth-order valence-electron chi connectivity index (χ4n) is 3.42. The standard InChI is InChI=1S/C26H29N3O3/c1-3-29(19-26(31)28-23-15-9-10-16-24(23)32-2)18-17-25(30)27-22-14-8-7-13-21(22)20-11-5-4-6-12-20/h4-16H,3,17-19H2,1-2H3,(H,27,30)(H,28,31). The molecular formula is C26H29N3O3. The first-order chi connectivity index (χ1) is 15.6. The molecule has 3 aromatic carbocycles. The zero-order chi connectivity index (χ0) is 22.8. The summed E-state index contributed by atoms with van der Waals surface area (Å²) in [4.78, 5) is 27.0. The zero-order valence-corrected chi connectivity index (χ0v) is 18.5. The molecule has 3 rings (SSSR count). The Balaban J connectivity index is 1.54. The van der Waals surface area contributed by atoms with E-state index in [1.54, 1.807) is 19.2 Å². The third-order valence-corrected chi connectivity index (χ3v) is 5.14. The van der Waals surface area contributed by atoms with Crippen molar-refractivity contribution in [3.63, 3.8) is 0 Å². The van der Waals surface area contributed by atoms with Gasteiger partial charge in [0.25, 0.3) is 0 Å². The first-order valence-electron chi connectivity index (χ1n) is 10.7. The molecule has 6 heteroatoms. The Bertz CT molecular complexity index is 1040. The van der Waals surface area contributed by atoms with Gasteiger partial charge in [-0.05, 0) is 30.3 Å². The number of amides is 2. The highest BCUT2D eigenvalue weighted by atomic mass is 16.5.